The van der Waals surface area contributed by atoms with Crippen LogP contribution in [0.1, 0.15) is 35.9 Å². The Morgan fingerprint density at radius 2 is 2.00 bits per heavy atom. The number of hydrogen-bond acceptors (Lipinski definition) is 6. The minimum absolute atomic E-state index is 0.151. The van der Waals surface area contributed by atoms with Gasteiger partial charge >= 0.3 is 5.97 Å². The Morgan fingerprint density at radius 1 is 1.24 bits per heavy atom. The third-order valence-corrected chi connectivity index (χ3v) is 6.61. The summed E-state index contributed by atoms with van der Waals surface area (Å²) < 4.78 is 7.49. The van der Waals surface area contributed by atoms with Gasteiger partial charge in [0.05, 0.1) is 22.4 Å². The third kappa shape index (κ3) is 3.63. The molecule has 0 saturated heterocycles. The van der Waals surface area contributed by atoms with Crippen molar-refractivity contribution in [1.29, 1.82) is 0 Å². The fourth-order valence-corrected chi connectivity index (χ4v) is 5.19. The summed E-state index contributed by atoms with van der Waals surface area (Å²) in [6, 6.07) is 11.3. The average Bonchev–Trinajstić information content (AvgIpc) is 3.32. The monoisotopic (exact) mass is 424 g/mol. The van der Waals surface area contributed by atoms with Crippen molar-refractivity contribution in [2.75, 3.05) is 6.61 Å². The molecule has 0 amide bonds. The summed E-state index contributed by atoms with van der Waals surface area (Å²) in [6.07, 6.45) is 1.87. The number of carbonyl (C=O) groups is 1. The lowest BCUT2D eigenvalue weighted by Gasteiger charge is -2.23. The van der Waals surface area contributed by atoms with E-state index in [0.29, 0.717) is 20.6 Å². The van der Waals surface area contributed by atoms with Crippen molar-refractivity contribution in [1.82, 2.24) is 4.57 Å². The van der Waals surface area contributed by atoms with Gasteiger partial charge in [-0.3, -0.25) is 9.36 Å². The number of fused-ring (bicyclic) bond motifs is 1. The molecule has 0 N–H and O–H groups in total. The van der Waals surface area contributed by atoms with Crippen LogP contribution < -0.4 is 14.9 Å². The number of nitrogens with zero attached hydrogens (tertiary/aromatic N) is 2. The molecule has 0 spiro atoms. The smallest absolute Gasteiger partial charge is 0.338 e. The fourth-order valence-electron chi connectivity index (χ4n) is 3.32. The molecular weight excluding hydrogens is 404 g/mol. The lowest BCUT2D eigenvalue weighted by Crippen LogP contribution is -2.39. The highest BCUT2D eigenvalue weighted by Gasteiger charge is 2.33. The van der Waals surface area contributed by atoms with Crippen LogP contribution >= 0.6 is 22.7 Å². The maximum Gasteiger partial charge on any atom is 0.338 e. The van der Waals surface area contributed by atoms with Crippen molar-refractivity contribution < 1.29 is 9.53 Å². The third-order valence-electron chi connectivity index (χ3n) is 4.70. The summed E-state index contributed by atoms with van der Waals surface area (Å²) >= 11 is 2.85. The number of thiazole rings is 1. The number of aryl methyl sites for hydroxylation is 1. The maximum atomic E-state index is 13.3. The molecule has 1 atom stereocenters. The topological polar surface area (TPSA) is 60.7 Å². The van der Waals surface area contributed by atoms with Gasteiger partial charge in [0.2, 0.25) is 0 Å². The van der Waals surface area contributed by atoms with Crippen molar-refractivity contribution in [3.8, 4) is 0 Å². The minimum atomic E-state index is -0.523. The summed E-state index contributed by atoms with van der Waals surface area (Å²) in [5.74, 6) is -0.431. The molecule has 1 aliphatic heterocycles. The van der Waals surface area contributed by atoms with Crippen LogP contribution in [0.2, 0.25) is 0 Å². The Kier molecular flexibility index (Phi) is 5.34. The highest BCUT2D eigenvalue weighted by Crippen LogP contribution is 2.33. The van der Waals surface area contributed by atoms with E-state index in [0.717, 1.165) is 16.0 Å². The molecule has 0 aliphatic carbocycles. The van der Waals surface area contributed by atoms with E-state index in [1.54, 1.807) is 18.4 Å². The predicted molar refractivity (Wildman–Crippen MR) is 116 cm³/mol. The number of allylic oxidation sites excluding steroid dienone is 1. The number of esters is 1. The molecule has 1 aliphatic rings. The van der Waals surface area contributed by atoms with Crippen LogP contribution in [0, 0.1) is 6.92 Å². The van der Waals surface area contributed by atoms with Gasteiger partial charge in [0, 0.05) is 4.88 Å². The number of ether oxygens (including phenoxy) is 1. The first-order valence-electron chi connectivity index (χ1n) is 9.29. The molecule has 0 saturated carbocycles. The van der Waals surface area contributed by atoms with Crippen LogP contribution in [0.3, 0.4) is 0 Å². The Labute approximate surface area is 175 Å². The number of benzene rings is 1. The molecule has 0 radical (unpaired) electrons. The van der Waals surface area contributed by atoms with Crippen molar-refractivity contribution in [2.24, 2.45) is 4.99 Å². The second kappa shape index (κ2) is 7.93. The molecule has 3 aromatic rings. The van der Waals surface area contributed by atoms with E-state index in [4.69, 9.17) is 4.74 Å². The molecule has 148 valence electrons. The zero-order chi connectivity index (χ0) is 20.5. The maximum absolute atomic E-state index is 13.3. The summed E-state index contributed by atoms with van der Waals surface area (Å²) in [4.78, 5) is 32.1. The van der Waals surface area contributed by atoms with Gasteiger partial charge in [-0.05, 0) is 43.9 Å². The second-order valence-electron chi connectivity index (χ2n) is 6.73. The molecular formula is C22H20N2O3S2. The zero-order valence-electron chi connectivity index (χ0n) is 16.3. The minimum Gasteiger partial charge on any atom is -0.463 e. The van der Waals surface area contributed by atoms with Crippen molar-refractivity contribution in [3.63, 3.8) is 0 Å². The number of thiophene rings is 1. The van der Waals surface area contributed by atoms with Crippen LogP contribution in [0.15, 0.2) is 62.8 Å². The fraction of sp³-hybridized carbons (Fsp3) is 0.227. The molecule has 7 heteroatoms. The highest BCUT2D eigenvalue weighted by atomic mass is 32.1. The first kappa shape index (κ1) is 19.5. The van der Waals surface area contributed by atoms with Gasteiger partial charge < -0.3 is 4.74 Å². The molecule has 4 rings (SSSR count). The lowest BCUT2D eigenvalue weighted by molar-refractivity contribution is -0.139. The molecule has 29 heavy (non-hydrogen) atoms. The van der Waals surface area contributed by atoms with Gasteiger partial charge in [-0.1, -0.05) is 47.2 Å². The van der Waals surface area contributed by atoms with Gasteiger partial charge in [0.25, 0.3) is 5.56 Å². The second-order valence-corrected chi connectivity index (χ2v) is 8.72. The zero-order valence-corrected chi connectivity index (χ0v) is 18.0. The number of rotatable bonds is 4. The normalized spacial score (nSPS) is 16.5. The first-order chi connectivity index (χ1) is 14.0. The van der Waals surface area contributed by atoms with Crippen molar-refractivity contribution in [3.05, 3.63) is 88.7 Å². The molecule has 1 aromatic carbocycles. The van der Waals surface area contributed by atoms with E-state index in [1.807, 2.05) is 54.8 Å². The summed E-state index contributed by atoms with van der Waals surface area (Å²) in [5, 5.41) is 1.94. The molecule has 3 heterocycles. The molecule has 0 unspecified atom stereocenters. The number of aromatic nitrogens is 1. The van der Waals surface area contributed by atoms with Crippen molar-refractivity contribution >= 4 is 34.7 Å². The van der Waals surface area contributed by atoms with Crippen molar-refractivity contribution in [2.45, 2.75) is 26.8 Å². The van der Waals surface area contributed by atoms with Crippen LogP contribution in [-0.2, 0) is 9.53 Å². The standard InChI is InChI=1S/C22H20N2O3S2/c1-4-27-21(26)18-14(3)23-22-24(19(18)16-6-5-11-28-16)20(25)17(29-22)12-15-9-7-13(2)8-10-15/h5-12,19H,4H2,1-3H3/t19-/m1/s1. The molecule has 5 nitrogen and oxygen atoms in total. The van der Waals surface area contributed by atoms with Crippen LogP contribution in [0.25, 0.3) is 6.08 Å². The Hall–Kier alpha value is -2.77. The number of hydrogen-bond donors (Lipinski definition) is 0. The Bertz CT molecular complexity index is 1260. The summed E-state index contributed by atoms with van der Waals surface area (Å²) in [6.45, 7) is 5.86. The number of carbonyl (C=O) groups excluding carboxylic acids is 1. The highest BCUT2D eigenvalue weighted by molar-refractivity contribution is 7.10. The van der Waals surface area contributed by atoms with E-state index in [9.17, 15) is 9.59 Å². The van der Waals surface area contributed by atoms with Gasteiger partial charge in [-0.25, -0.2) is 9.79 Å². The van der Waals surface area contributed by atoms with E-state index in [2.05, 4.69) is 4.99 Å². The SMILES string of the molecule is CCOC(=O)C1=C(C)N=c2sc(=Cc3ccc(C)cc3)c(=O)n2[C@@H]1c1cccs1. The van der Waals surface area contributed by atoms with Gasteiger partial charge in [0.15, 0.2) is 4.80 Å². The van der Waals surface area contributed by atoms with Gasteiger partial charge in [-0.2, -0.15) is 0 Å². The lowest BCUT2D eigenvalue weighted by atomic mass is 10.0. The molecule has 0 bridgehead atoms. The largest absolute Gasteiger partial charge is 0.463 e. The van der Waals surface area contributed by atoms with E-state index >= 15 is 0 Å². The summed E-state index contributed by atoms with van der Waals surface area (Å²) in [7, 11) is 0. The van der Waals surface area contributed by atoms with Crippen LogP contribution in [0.4, 0.5) is 0 Å². The quantitative estimate of drug-likeness (QED) is 0.605. The Morgan fingerprint density at radius 3 is 2.66 bits per heavy atom. The molecule has 0 fully saturated rings. The van der Waals surface area contributed by atoms with Crippen LogP contribution in [0.5, 0.6) is 0 Å². The molecule has 2 aromatic heterocycles. The summed E-state index contributed by atoms with van der Waals surface area (Å²) in [5.41, 5.74) is 2.97. The van der Waals surface area contributed by atoms with E-state index in [-0.39, 0.29) is 12.2 Å². The average molecular weight is 425 g/mol. The van der Waals surface area contributed by atoms with Gasteiger partial charge in [0.1, 0.15) is 6.04 Å². The predicted octanol–water partition coefficient (Wildman–Crippen LogP) is 3.17. The Balaban J connectivity index is 1.93. The van der Waals surface area contributed by atoms with Crippen LogP contribution in [-0.4, -0.2) is 17.1 Å². The van der Waals surface area contributed by atoms with E-state index < -0.39 is 12.0 Å². The van der Waals surface area contributed by atoms with E-state index in [1.165, 1.54) is 22.7 Å². The van der Waals surface area contributed by atoms with Gasteiger partial charge in [-0.15, -0.1) is 11.3 Å². The first-order valence-corrected chi connectivity index (χ1v) is 11.0.